The van der Waals surface area contributed by atoms with Crippen LogP contribution in [0.5, 0.6) is 0 Å². The summed E-state index contributed by atoms with van der Waals surface area (Å²) in [4.78, 5) is 0. The number of hydrogen-bond donors (Lipinski definition) is 2. The van der Waals surface area contributed by atoms with Gasteiger partial charge in [-0.05, 0) is 38.2 Å². The zero-order valence-corrected chi connectivity index (χ0v) is 12.9. The number of ether oxygens (including phenoxy) is 1. The molecule has 2 saturated carbocycles. The monoisotopic (exact) mass is 289 g/mol. The fourth-order valence-corrected chi connectivity index (χ4v) is 4.03. The van der Waals surface area contributed by atoms with Gasteiger partial charge in [0.1, 0.15) is 0 Å². The summed E-state index contributed by atoms with van der Waals surface area (Å²) in [5, 5.41) is 13.4. The highest BCUT2D eigenvalue weighted by Crippen LogP contribution is 2.57. The standard InChI is InChI=1S/C18H27NO2/c1-2-21-17-12-16(18(17)9-6-10-18)19-15(13-20)11-14-7-4-3-5-8-14/h3-5,7-8,15-17,19-20H,2,6,9-13H2,1H3/t15-,16?,17?/m1/s1. The lowest BCUT2D eigenvalue weighted by molar-refractivity contribution is -0.175. The number of rotatable bonds is 7. The molecule has 3 atom stereocenters. The second-order valence-corrected chi connectivity index (χ2v) is 6.55. The molecule has 2 N–H and O–H groups in total. The second kappa shape index (κ2) is 6.47. The molecule has 2 unspecified atom stereocenters. The number of hydrogen-bond acceptors (Lipinski definition) is 3. The lowest BCUT2D eigenvalue weighted by Gasteiger charge is -2.61. The van der Waals surface area contributed by atoms with Crippen molar-refractivity contribution in [2.75, 3.05) is 13.2 Å². The largest absolute Gasteiger partial charge is 0.395 e. The Balaban J connectivity index is 1.57. The van der Waals surface area contributed by atoms with Gasteiger partial charge in [-0.2, -0.15) is 0 Å². The van der Waals surface area contributed by atoms with Gasteiger partial charge in [0.15, 0.2) is 0 Å². The molecule has 0 bridgehead atoms. The minimum Gasteiger partial charge on any atom is -0.395 e. The van der Waals surface area contributed by atoms with Gasteiger partial charge in [0, 0.05) is 24.1 Å². The number of aliphatic hydroxyl groups is 1. The van der Waals surface area contributed by atoms with Crippen LogP contribution < -0.4 is 5.32 Å². The summed E-state index contributed by atoms with van der Waals surface area (Å²) >= 11 is 0. The highest BCUT2D eigenvalue weighted by atomic mass is 16.5. The van der Waals surface area contributed by atoms with E-state index in [4.69, 9.17) is 4.74 Å². The second-order valence-electron chi connectivity index (χ2n) is 6.55. The third-order valence-electron chi connectivity index (χ3n) is 5.42. The van der Waals surface area contributed by atoms with Crippen LogP contribution in [0.4, 0.5) is 0 Å². The molecule has 0 radical (unpaired) electrons. The van der Waals surface area contributed by atoms with E-state index in [-0.39, 0.29) is 12.6 Å². The fourth-order valence-electron chi connectivity index (χ4n) is 4.03. The molecule has 0 heterocycles. The van der Waals surface area contributed by atoms with Gasteiger partial charge in [0.2, 0.25) is 0 Å². The van der Waals surface area contributed by atoms with Crippen molar-refractivity contribution in [1.82, 2.24) is 5.32 Å². The molecule has 3 heteroatoms. The summed E-state index contributed by atoms with van der Waals surface area (Å²) in [7, 11) is 0. The van der Waals surface area contributed by atoms with Crippen molar-refractivity contribution in [2.24, 2.45) is 5.41 Å². The number of nitrogens with one attached hydrogen (secondary N) is 1. The molecule has 1 aromatic rings. The van der Waals surface area contributed by atoms with Gasteiger partial charge in [-0.1, -0.05) is 36.8 Å². The minimum atomic E-state index is 0.150. The molecule has 0 aliphatic heterocycles. The van der Waals surface area contributed by atoms with E-state index < -0.39 is 0 Å². The van der Waals surface area contributed by atoms with E-state index in [9.17, 15) is 5.11 Å². The first-order valence-corrected chi connectivity index (χ1v) is 8.31. The maximum atomic E-state index is 9.69. The van der Waals surface area contributed by atoms with Gasteiger partial charge in [0.25, 0.3) is 0 Å². The number of aliphatic hydroxyl groups excluding tert-OH is 1. The van der Waals surface area contributed by atoms with E-state index in [1.165, 1.54) is 24.8 Å². The van der Waals surface area contributed by atoms with E-state index >= 15 is 0 Å². The molecule has 2 aliphatic rings. The zero-order valence-electron chi connectivity index (χ0n) is 12.9. The normalized spacial score (nSPS) is 27.9. The van der Waals surface area contributed by atoms with Crippen molar-refractivity contribution in [3.05, 3.63) is 35.9 Å². The van der Waals surface area contributed by atoms with Crippen molar-refractivity contribution < 1.29 is 9.84 Å². The molecule has 3 nitrogen and oxygen atoms in total. The first-order valence-electron chi connectivity index (χ1n) is 8.31. The van der Waals surface area contributed by atoms with Crippen LogP contribution in [0.2, 0.25) is 0 Å². The third kappa shape index (κ3) is 2.87. The molecular formula is C18H27NO2. The van der Waals surface area contributed by atoms with E-state index in [0.29, 0.717) is 17.6 Å². The summed E-state index contributed by atoms with van der Waals surface area (Å²) in [6, 6.07) is 11.1. The van der Waals surface area contributed by atoms with Crippen LogP contribution in [0, 0.1) is 5.41 Å². The van der Waals surface area contributed by atoms with Gasteiger partial charge >= 0.3 is 0 Å². The van der Waals surface area contributed by atoms with E-state index in [1.807, 2.05) is 6.07 Å². The molecule has 2 fully saturated rings. The van der Waals surface area contributed by atoms with Crippen LogP contribution in [0.3, 0.4) is 0 Å². The van der Waals surface area contributed by atoms with Crippen LogP contribution >= 0.6 is 0 Å². The maximum Gasteiger partial charge on any atom is 0.0661 e. The van der Waals surface area contributed by atoms with Crippen molar-refractivity contribution in [3.63, 3.8) is 0 Å². The average molecular weight is 289 g/mol. The Labute approximate surface area is 127 Å². The van der Waals surface area contributed by atoms with Crippen LogP contribution in [-0.2, 0) is 11.2 Å². The molecule has 21 heavy (non-hydrogen) atoms. The lowest BCUT2D eigenvalue weighted by Crippen LogP contribution is -2.68. The molecule has 1 spiro atoms. The zero-order chi connectivity index (χ0) is 14.7. The quantitative estimate of drug-likeness (QED) is 0.810. The molecule has 3 rings (SSSR count). The van der Waals surface area contributed by atoms with E-state index in [0.717, 1.165) is 19.4 Å². The van der Waals surface area contributed by atoms with Crippen LogP contribution in [0.1, 0.15) is 38.2 Å². The summed E-state index contributed by atoms with van der Waals surface area (Å²) in [5.41, 5.74) is 1.65. The van der Waals surface area contributed by atoms with Gasteiger partial charge in [0.05, 0.1) is 12.7 Å². The summed E-state index contributed by atoms with van der Waals surface area (Å²) in [6.07, 6.45) is 6.30. The molecular weight excluding hydrogens is 262 g/mol. The Hall–Kier alpha value is -0.900. The first kappa shape index (κ1) is 15.0. The summed E-state index contributed by atoms with van der Waals surface area (Å²) in [6.45, 7) is 3.09. The van der Waals surface area contributed by atoms with Crippen LogP contribution in [-0.4, -0.2) is 36.5 Å². The Morgan fingerprint density at radius 2 is 2.10 bits per heavy atom. The van der Waals surface area contributed by atoms with E-state index in [1.54, 1.807) is 0 Å². The molecule has 0 saturated heterocycles. The predicted octanol–water partition coefficient (Wildman–Crippen LogP) is 2.53. The van der Waals surface area contributed by atoms with Crippen molar-refractivity contribution in [1.29, 1.82) is 0 Å². The van der Waals surface area contributed by atoms with Crippen molar-refractivity contribution in [3.8, 4) is 0 Å². The highest BCUT2D eigenvalue weighted by molar-refractivity contribution is 5.17. The Kier molecular flexibility index (Phi) is 4.63. The first-order chi connectivity index (χ1) is 10.3. The number of benzene rings is 1. The Morgan fingerprint density at radius 1 is 1.33 bits per heavy atom. The van der Waals surface area contributed by atoms with Gasteiger partial charge in [-0.3, -0.25) is 0 Å². The highest BCUT2D eigenvalue weighted by Gasteiger charge is 2.58. The molecule has 116 valence electrons. The molecule has 1 aromatic carbocycles. The van der Waals surface area contributed by atoms with E-state index in [2.05, 4.69) is 36.5 Å². The van der Waals surface area contributed by atoms with Crippen molar-refractivity contribution in [2.45, 2.75) is 57.2 Å². The summed E-state index contributed by atoms with van der Waals surface area (Å²) in [5.74, 6) is 0. The van der Waals surface area contributed by atoms with Gasteiger partial charge in [-0.15, -0.1) is 0 Å². The molecule has 2 aliphatic carbocycles. The van der Waals surface area contributed by atoms with Gasteiger partial charge in [-0.25, -0.2) is 0 Å². The predicted molar refractivity (Wildman–Crippen MR) is 84.3 cm³/mol. The lowest BCUT2D eigenvalue weighted by atomic mass is 9.51. The Morgan fingerprint density at radius 3 is 2.67 bits per heavy atom. The van der Waals surface area contributed by atoms with Crippen LogP contribution in [0.25, 0.3) is 0 Å². The molecule has 0 amide bonds. The summed E-state index contributed by atoms with van der Waals surface area (Å²) < 4.78 is 5.90. The SMILES string of the molecule is CCOC1CC(N[C@@H](CO)Cc2ccccc2)C12CCC2. The molecule has 0 aromatic heterocycles. The smallest absolute Gasteiger partial charge is 0.0661 e. The Bertz CT molecular complexity index is 444. The maximum absolute atomic E-state index is 9.69. The average Bonchev–Trinajstić information content (AvgIpc) is 2.44. The third-order valence-corrected chi connectivity index (χ3v) is 5.42. The van der Waals surface area contributed by atoms with Crippen molar-refractivity contribution >= 4 is 0 Å². The van der Waals surface area contributed by atoms with Gasteiger partial charge < -0.3 is 15.2 Å². The minimum absolute atomic E-state index is 0.150. The fraction of sp³-hybridized carbons (Fsp3) is 0.667. The topological polar surface area (TPSA) is 41.5 Å². The van der Waals surface area contributed by atoms with Crippen LogP contribution in [0.15, 0.2) is 30.3 Å².